The number of hydrogen-bond donors (Lipinski definition) is 0. The van der Waals surface area contributed by atoms with Gasteiger partial charge in [0.15, 0.2) is 0 Å². The summed E-state index contributed by atoms with van der Waals surface area (Å²) in [5.41, 5.74) is 10.4. The second-order valence-electron chi connectivity index (χ2n) is 4.64. The van der Waals surface area contributed by atoms with Crippen LogP contribution in [0.3, 0.4) is 0 Å². The number of carbonyl (C=O) groups is 1. The lowest BCUT2D eigenvalue weighted by molar-refractivity contribution is -0.117. The van der Waals surface area contributed by atoms with Crippen molar-refractivity contribution in [3.05, 3.63) is 33.8 Å². The van der Waals surface area contributed by atoms with Gasteiger partial charge < -0.3 is 0 Å². The van der Waals surface area contributed by atoms with E-state index in [-0.39, 0.29) is 11.8 Å². The minimum atomic E-state index is 0.0487. The van der Waals surface area contributed by atoms with E-state index in [1.165, 1.54) is 0 Å². The number of aryl methyl sites for hydroxylation is 2. The van der Waals surface area contributed by atoms with E-state index in [2.05, 4.69) is 15.0 Å². The van der Waals surface area contributed by atoms with Crippen molar-refractivity contribution in [3.63, 3.8) is 0 Å². The SMILES string of the molecule is Cc1cnc(N2CC(CN=[N+]=[N-])CC2=O)c(C)c1. The smallest absolute Gasteiger partial charge is 0.228 e. The van der Waals surface area contributed by atoms with Crippen LogP contribution in [-0.2, 0) is 4.79 Å². The summed E-state index contributed by atoms with van der Waals surface area (Å²) in [6, 6.07) is 2.01. The van der Waals surface area contributed by atoms with Gasteiger partial charge in [-0.2, -0.15) is 0 Å². The van der Waals surface area contributed by atoms with Crippen molar-refractivity contribution in [2.45, 2.75) is 20.3 Å². The maximum Gasteiger partial charge on any atom is 0.228 e. The Hall–Kier alpha value is -2.07. The predicted molar refractivity (Wildman–Crippen MR) is 68.2 cm³/mol. The molecule has 0 N–H and O–H groups in total. The lowest BCUT2D eigenvalue weighted by Gasteiger charge is -2.17. The number of carbonyl (C=O) groups excluding carboxylic acids is 1. The highest BCUT2D eigenvalue weighted by Gasteiger charge is 2.31. The molecular formula is C12H15N5O. The molecule has 1 atom stereocenters. The van der Waals surface area contributed by atoms with Crippen molar-refractivity contribution in [1.82, 2.24) is 4.98 Å². The van der Waals surface area contributed by atoms with E-state index in [9.17, 15) is 4.79 Å². The highest BCUT2D eigenvalue weighted by atomic mass is 16.2. The summed E-state index contributed by atoms with van der Waals surface area (Å²) in [5.74, 6) is 0.859. The third-order valence-corrected chi connectivity index (χ3v) is 3.05. The summed E-state index contributed by atoms with van der Waals surface area (Å²) in [6.07, 6.45) is 2.18. The van der Waals surface area contributed by atoms with Crippen LogP contribution in [-0.4, -0.2) is 24.0 Å². The molecule has 1 fully saturated rings. The number of pyridine rings is 1. The lowest BCUT2D eigenvalue weighted by Crippen LogP contribution is -2.26. The number of aromatic nitrogens is 1. The molecular weight excluding hydrogens is 230 g/mol. The van der Waals surface area contributed by atoms with E-state index in [4.69, 9.17) is 5.53 Å². The minimum absolute atomic E-state index is 0.0487. The molecule has 1 aliphatic rings. The first kappa shape index (κ1) is 12.4. The Bertz CT molecular complexity index is 521. The Kier molecular flexibility index (Phi) is 3.48. The molecule has 1 aromatic heterocycles. The fraction of sp³-hybridized carbons (Fsp3) is 0.500. The molecule has 1 unspecified atom stereocenters. The minimum Gasteiger partial charge on any atom is -0.296 e. The first-order chi connectivity index (χ1) is 8.61. The molecule has 1 amide bonds. The largest absolute Gasteiger partial charge is 0.296 e. The van der Waals surface area contributed by atoms with E-state index in [0.29, 0.717) is 25.3 Å². The monoisotopic (exact) mass is 245 g/mol. The number of hydrogen-bond acceptors (Lipinski definition) is 3. The second-order valence-corrected chi connectivity index (χ2v) is 4.64. The molecule has 0 aromatic carbocycles. The summed E-state index contributed by atoms with van der Waals surface area (Å²) >= 11 is 0. The van der Waals surface area contributed by atoms with Gasteiger partial charge in [0.2, 0.25) is 5.91 Å². The summed E-state index contributed by atoms with van der Waals surface area (Å²) in [6.45, 7) is 4.86. The molecule has 0 spiro atoms. The van der Waals surface area contributed by atoms with Crippen molar-refractivity contribution in [1.29, 1.82) is 0 Å². The molecule has 94 valence electrons. The zero-order chi connectivity index (χ0) is 13.1. The van der Waals surface area contributed by atoms with Gasteiger partial charge in [-0.05, 0) is 36.4 Å². The summed E-state index contributed by atoms with van der Waals surface area (Å²) in [7, 11) is 0. The zero-order valence-corrected chi connectivity index (χ0v) is 10.5. The van der Waals surface area contributed by atoms with Crippen LogP contribution in [0.25, 0.3) is 10.4 Å². The Morgan fingerprint density at radius 1 is 1.61 bits per heavy atom. The van der Waals surface area contributed by atoms with Crippen molar-refractivity contribution in [2.24, 2.45) is 11.0 Å². The first-order valence-corrected chi connectivity index (χ1v) is 5.86. The van der Waals surface area contributed by atoms with E-state index < -0.39 is 0 Å². The topological polar surface area (TPSA) is 82.0 Å². The quantitative estimate of drug-likeness (QED) is 0.465. The Morgan fingerprint density at radius 2 is 2.39 bits per heavy atom. The van der Waals surface area contributed by atoms with Gasteiger partial charge >= 0.3 is 0 Å². The molecule has 0 bridgehead atoms. The Labute approximate surface area is 105 Å². The maximum absolute atomic E-state index is 11.9. The molecule has 1 aliphatic heterocycles. The molecule has 1 saturated heterocycles. The molecule has 0 saturated carbocycles. The molecule has 6 nitrogen and oxygen atoms in total. The molecule has 6 heteroatoms. The number of amides is 1. The number of azide groups is 1. The van der Waals surface area contributed by atoms with Gasteiger partial charge in [-0.25, -0.2) is 4.98 Å². The van der Waals surface area contributed by atoms with E-state index in [1.807, 2.05) is 19.9 Å². The first-order valence-electron chi connectivity index (χ1n) is 5.86. The Balaban J connectivity index is 2.18. The molecule has 0 aliphatic carbocycles. The predicted octanol–water partition coefficient (Wildman–Crippen LogP) is 2.36. The fourth-order valence-corrected chi connectivity index (χ4v) is 2.25. The van der Waals surface area contributed by atoms with Gasteiger partial charge in [0.1, 0.15) is 5.82 Å². The van der Waals surface area contributed by atoms with Crippen LogP contribution in [0.15, 0.2) is 17.4 Å². The molecule has 2 rings (SSSR count). The van der Waals surface area contributed by atoms with Crippen molar-refractivity contribution in [3.8, 4) is 0 Å². The highest BCUT2D eigenvalue weighted by Crippen LogP contribution is 2.26. The van der Waals surface area contributed by atoms with Crippen LogP contribution in [0.5, 0.6) is 0 Å². The standard InChI is InChI=1S/C12H15N5O/c1-8-3-9(2)12(14-5-8)17-7-10(4-11(17)18)6-15-16-13/h3,5,10H,4,6-7H2,1-2H3. The lowest BCUT2D eigenvalue weighted by atomic mass is 10.1. The molecule has 2 heterocycles. The summed E-state index contributed by atoms with van der Waals surface area (Å²) < 4.78 is 0. The molecule has 1 aromatic rings. The van der Waals surface area contributed by atoms with Gasteiger partial charge in [-0.1, -0.05) is 11.2 Å². The van der Waals surface area contributed by atoms with Gasteiger partial charge in [0.05, 0.1) is 0 Å². The van der Waals surface area contributed by atoms with E-state index in [1.54, 1.807) is 11.1 Å². The summed E-state index contributed by atoms with van der Waals surface area (Å²) in [5, 5.41) is 3.53. The second kappa shape index (κ2) is 5.06. The van der Waals surface area contributed by atoms with Crippen LogP contribution >= 0.6 is 0 Å². The number of nitrogens with zero attached hydrogens (tertiary/aromatic N) is 5. The van der Waals surface area contributed by atoms with Crippen molar-refractivity contribution in [2.75, 3.05) is 18.0 Å². The number of rotatable bonds is 3. The number of anilines is 1. The van der Waals surface area contributed by atoms with Gasteiger partial charge in [-0.15, -0.1) is 0 Å². The van der Waals surface area contributed by atoms with Crippen LogP contribution < -0.4 is 4.90 Å². The van der Waals surface area contributed by atoms with Gasteiger partial charge in [0, 0.05) is 30.6 Å². The van der Waals surface area contributed by atoms with Crippen molar-refractivity contribution < 1.29 is 4.79 Å². The van der Waals surface area contributed by atoms with Crippen LogP contribution in [0.4, 0.5) is 5.82 Å². The van der Waals surface area contributed by atoms with Crippen LogP contribution in [0.2, 0.25) is 0 Å². The fourth-order valence-electron chi connectivity index (χ4n) is 2.25. The van der Waals surface area contributed by atoms with E-state index in [0.717, 1.165) is 11.1 Å². The average Bonchev–Trinajstić information content (AvgIpc) is 2.68. The molecule has 0 radical (unpaired) electrons. The third-order valence-electron chi connectivity index (χ3n) is 3.05. The average molecular weight is 245 g/mol. The van der Waals surface area contributed by atoms with Gasteiger partial charge in [0.25, 0.3) is 0 Å². The Morgan fingerprint density at radius 3 is 3.06 bits per heavy atom. The zero-order valence-electron chi connectivity index (χ0n) is 10.5. The summed E-state index contributed by atoms with van der Waals surface area (Å²) in [4.78, 5) is 20.7. The normalized spacial score (nSPS) is 18.9. The van der Waals surface area contributed by atoms with Crippen molar-refractivity contribution >= 4 is 11.7 Å². The van der Waals surface area contributed by atoms with Crippen LogP contribution in [0, 0.1) is 19.8 Å². The van der Waals surface area contributed by atoms with E-state index >= 15 is 0 Å². The van der Waals surface area contributed by atoms with Gasteiger partial charge in [-0.3, -0.25) is 9.69 Å². The molecule has 18 heavy (non-hydrogen) atoms. The van der Waals surface area contributed by atoms with Crippen LogP contribution in [0.1, 0.15) is 17.5 Å². The maximum atomic E-state index is 11.9. The third kappa shape index (κ3) is 2.43. The highest BCUT2D eigenvalue weighted by molar-refractivity contribution is 5.95.